The number of aromatic nitrogens is 1. The van der Waals surface area contributed by atoms with Crippen LogP contribution in [0, 0.1) is 0 Å². The van der Waals surface area contributed by atoms with E-state index >= 15 is 0 Å². The predicted molar refractivity (Wildman–Crippen MR) is 93.8 cm³/mol. The summed E-state index contributed by atoms with van der Waals surface area (Å²) in [5, 5.41) is 3.75. The van der Waals surface area contributed by atoms with Gasteiger partial charge in [0.25, 0.3) is 0 Å². The van der Waals surface area contributed by atoms with Gasteiger partial charge in [-0.2, -0.15) is 0 Å². The molecule has 0 spiro atoms. The van der Waals surface area contributed by atoms with Crippen molar-refractivity contribution in [2.24, 2.45) is 0 Å². The van der Waals surface area contributed by atoms with E-state index in [1.807, 2.05) is 51.1 Å². The van der Waals surface area contributed by atoms with Gasteiger partial charge in [-0.1, -0.05) is 15.9 Å². The molecule has 0 unspecified atom stereocenters. The molecule has 5 nitrogen and oxygen atoms in total. The molecule has 124 valence electrons. The van der Waals surface area contributed by atoms with Crippen LogP contribution in [0.4, 0.5) is 4.79 Å². The SMILES string of the molecule is CC(C)(C)OC(=O)NCCCOc1ccc2cc(Br)ccc2n1. The fourth-order valence-corrected chi connectivity index (χ4v) is 2.29. The number of benzene rings is 1. The first-order valence-corrected chi connectivity index (χ1v) is 8.29. The van der Waals surface area contributed by atoms with Gasteiger partial charge in [-0.25, -0.2) is 9.78 Å². The van der Waals surface area contributed by atoms with Crippen LogP contribution in [0.15, 0.2) is 34.8 Å². The number of alkyl carbamates (subject to hydrolysis) is 1. The Hall–Kier alpha value is -1.82. The molecule has 1 aromatic heterocycles. The van der Waals surface area contributed by atoms with Crippen molar-refractivity contribution in [1.29, 1.82) is 0 Å². The molecule has 0 bridgehead atoms. The summed E-state index contributed by atoms with van der Waals surface area (Å²) in [6.07, 6.45) is 0.270. The first-order chi connectivity index (χ1) is 10.8. The number of pyridine rings is 1. The zero-order valence-corrected chi connectivity index (χ0v) is 15.1. The van der Waals surface area contributed by atoms with Crippen molar-refractivity contribution in [3.05, 3.63) is 34.8 Å². The van der Waals surface area contributed by atoms with Crippen molar-refractivity contribution >= 4 is 32.9 Å². The minimum atomic E-state index is -0.482. The number of hydrogen-bond donors (Lipinski definition) is 1. The Morgan fingerprint density at radius 1 is 1.26 bits per heavy atom. The number of carbonyl (C=O) groups is 1. The molecule has 6 heteroatoms. The second-order valence-corrected chi connectivity index (χ2v) is 7.03. The molecule has 0 radical (unpaired) electrons. The fourth-order valence-electron chi connectivity index (χ4n) is 1.91. The van der Waals surface area contributed by atoms with Crippen molar-refractivity contribution in [2.45, 2.75) is 32.8 Å². The lowest BCUT2D eigenvalue weighted by Gasteiger charge is -2.19. The number of halogens is 1. The smallest absolute Gasteiger partial charge is 0.407 e. The number of nitrogens with zero attached hydrogens (tertiary/aromatic N) is 1. The number of carbonyl (C=O) groups excluding carboxylic acids is 1. The molecule has 1 aromatic carbocycles. The predicted octanol–water partition coefficient (Wildman–Crippen LogP) is 4.29. The van der Waals surface area contributed by atoms with Gasteiger partial charge < -0.3 is 14.8 Å². The third-order valence-corrected chi connectivity index (χ3v) is 3.36. The number of nitrogens with one attached hydrogen (secondary N) is 1. The normalized spacial score (nSPS) is 11.3. The molecular formula is C17H21BrN2O3. The van der Waals surface area contributed by atoms with Crippen LogP contribution >= 0.6 is 15.9 Å². The van der Waals surface area contributed by atoms with Crippen LogP contribution in [0.2, 0.25) is 0 Å². The number of ether oxygens (including phenoxy) is 2. The maximum Gasteiger partial charge on any atom is 0.407 e. The summed E-state index contributed by atoms with van der Waals surface area (Å²) in [7, 11) is 0. The van der Waals surface area contributed by atoms with E-state index in [1.54, 1.807) is 0 Å². The summed E-state index contributed by atoms with van der Waals surface area (Å²) < 4.78 is 11.8. The maximum atomic E-state index is 11.5. The van der Waals surface area contributed by atoms with Crippen LogP contribution in [0.25, 0.3) is 10.9 Å². The van der Waals surface area contributed by atoms with Crippen molar-refractivity contribution < 1.29 is 14.3 Å². The van der Waals surface area contributed by atoms with Gasteiger partial charge >= 0.3 is 6.09 Å². The van der Waals surface area contributed by atoms with E-state index < -0.39 is 11.7 Å². The lowest BCUT2D eigenvalue weighted by molar-refractivity contribution is 0.0525. The molecule has 0 fully saturated rings. The number of rotatable bonds is 5. The van der Waals surface area contributed by atoms with Crippen LogP contribution in [0.5, 0.6) is 5.88 Å². The summed E-state index contributed by atoms with van der Waals surface area (Å²) in [6, 6.07) is 9.72. The average molecular weight is 381 g/mol. The van der Waals surface area contributed by atoms with Gasteiger partial charge in [0, 0.05) is 22.5 Å². The summed E-state index contributed by atoms with van der Waals surface area (Å²) in [4.78, 5) is 15.9. The molecule has 2 aromatic rings. The van der Waals surface area contributed by atoms with Crippen LogP contribution in [0.1, 0.15) is 27.2 Å². The molecule has 2 rings (SSSR count). The fraction of sp³-hybridized carbons (Fsp3) is 0.412. The first-order valence-electron chi connectivity index (χ1n) is 7.49. The van der Waals surface area contributed by atoms with Gasteiger partial charge in [0.1, 0.15) is 5.60 Å². The van der Waals surface area contributed by atoms with E-state index in [-0.39, 0.29) is 0 Å². The summed E-state index contributed by atoms with van der Waals surface area (Å²) in [5.41, 5.74) is 0.405. The van der Waals surface area contributed by atoms with Crippen molar-refractivity contribution in [3.63, 3.8) is 0 Å². The first kappa shape index (κ1) is 17.5. The van der Waals surface area contributed by atoms with E-state index in [2.05, 4.69) is 26.2 Å². The van der Waals surface area contributed by atoms with Gasteiger partial charge in [-0.15, -0.1) is 0 Å². The molecule has 0 saturated heterocycles. The molecule has 0 saturated carbocycles. The van der Waals surface area contributed by atoms with Gasteiger partial charge in [-0.05, 0) is 51.5 Å². The Bertz CT molecular complexity index is 683. The minimum absolute atomic E-state index is 0.410. The summed E-state index contributed by atoms with van der Waals surface area (Å²) in [6.45, 7) is 6.47. The highest BCUT2D eigenvalue weighted by molar-refractivity contribution is 9.10. The average Bonchev–Trinajstić information content (AvgIpc) is 2.45. The zero-order chi connectivity index (χ0) is 16.9. The largest absolute Gasteiger partial charge is 0.478 e. The Balaban J connectivity index is 1.74. The lowest BCUT2D eigenvalue weighted by atomic mass is 10.2. The summed E-state index contributed by atoms with van der Waals surface area (Å²) in [5.74, 6) is 0.581. The van der Waals surface area contributed by atoms with E-state index in [0.29, 0.717) is 25.5 Å². The number of fused-ring (bicyclic) bond motifs is 1. The number of hydrogen-bond acceptors (Lipinski definition) is 4. The van der Waals surface area contributed by atoms with Gasteiger partial charge in [0.15, 0.2) is 0 Å². The Labute approximate surface area is 144 Å². The number of amides is 1. The lowest BCUT2D eigenvalue weighted by Crippen LogP contribution is -2.33. The molecule has 0 aliphatic rings. The van der Waals surface area contributed by atoms with Gasteiger partial charge in [0.2, 0.25) is 5.88 Å². The maximum absolute atomic E-state index is 11.5. The molecule has 1 N–H and O–H groups in total. The van der Waals surface area contributed by atoms with E-state index in [0.717, 1.165) is 15.4 Å². The Morgan fingerprint density at radius 2 is 2.04 bits per heavy atom. The molecule has 1 heterocycles. The Morgan fingerprint density at radius 3 is 2.78 bits per heavy atom. The third-order valence-electron chi connectivity index (χ3n) is 2.86. The Kier molecular flexibility index (Phi) is 5.82. The van der Waals surface area contributed by atoms with E-state index in [4.69, 9.17) is 9.47 Å². The molecule has 0 aliphatic carbocycles. The third kappa shape index (κ3) is 6.06. The highest BCUT2D eigenvalue weighted by Gasteiger charge is 2.15. The quantitative estimate of drug-likeness (QED) is 0.785. The van der Waals surface area contributed by atoms with Crippen molar-refractivity contribution in [1.82, 2.24) is 10.3 Å². The molecule has 0 atom stereocenters. The second kappa shape index (κ2) is 7.64. The highest BCUT2D eigenvalue weighted by atomic mass is 79.9. The topological polar surface area (TPSA) is 60.5 Å². The van der Waals surface area contributed by atoms with E-state index in [1.165, 1.54) is 0 Å². The van der Waals surface area contributed by atoms with Gasteiger partial charge in [-0.3, -0.25) is 0 Å². The van der Waals surface area contributed by atoms with Crippen molar-refractivity contribution in [3.8, 4) is 5.88 Å². The standard InChI is InChI=1S/C17H21BrN2O3/c1-17(2,3)23-16(21)19-9-4-10-22-15-8-5-12-11-13(18)6-7-14(12)20-15/h5-8,11H,4,9-10H2,1-3H3,(H,19,21). The van der Waals surface area contributed by atoms with Crippen LogP contribution in [-0.4, -0.2) is 29.8 Å². The zero-order valence-electron chi connectivity index (χ0n) is 13.6. The van der Waals surface area contributed by atoms with Crippen molar-refractivity contribution in [2.75, 3.05) is 13.2 Å². The highest BCUT2D eigenvalue weighted by Crippen LogP contribution is 2.20. The summed E-state index contributed by atoms with van der Waals surface area (Å²) >= 11 is 3.44. The van der Waals surface area contributed by atoms with Gasteiger partial charge in [0.05, 0.1) is 12.1 Å². The molecule has 23 heavy (non-hydrogen) atoms. The van der Waals surface area contributed by atoms with Crippen LogP contribution < -0.4 is 10.1 Å². The minimum Gasteiger partial charge on any atom is -0.478 e. The van der Waals surface area contributed by atoms with Crippen LogP contribution in [0.3, 0.4) is 0 Å². The molecule has 1 amide bonds. The second-order valence-electron chi connectivity index (χ2n) is 6.12. The van der Waals surface area contributed by atoms with E-state index in [9.17, 15) is 4.79 Å². The molecule has 0 aliphatic heterocycles. The monoisotopic (exact) mass is 380 g/mol. The molecular weight excluding hydrogens is 360 g/mol. The van der Waals surface area contributed by atoms with Crippen LogP contribution in [-0.2, 0) is 4.74 Å².